The molecular weight excluding hydrogens is 312 g/mol. The van der Waals surface area contributed by atoms with Crippen LogP contribution in [0.15, 0.2) is 0 Å². The Morgan fingerprint density at radius 1 is 1.39 bits per heavy atom. The third-order valence-electron chi connectivity index (χ3n) is 3.89. The average Bonchev–Trinajstić information content (AvgIpc) is 2.17. The van der Waals surface area contributed by atoms with E-state index < -0.39 is 18.1 Å². The maximum Gasteiger partial charge on any atom is 0.405 e. The lowest BCUT2D eigenvalue weighted by Gasteiger charge is -2.58. The Kier molecular flexibility index (Phi) is 3.38. The van der Waals surface area contributed by atoms with E-state index in [4.69, 9.17) is 5.11 Å². The molecule has 0 heterocycles. The van der Waals surface area contributed by atoms with Crippen LogP contribution in [0.1, 0.15) is 25.7 Å². The van der Waals surface area contributed by atoms with Gasteiger partial charge in [-0.15, -0.1) is 0 Å². The molecule has 2 fully saturated rings. The molecule has 2 N–H and O–H groups in total. The first-order valence-electron chi connectivity index (χ1n) is 5.73. The summed E-state index contributed by atoms with van der Waals surface area (Å²) < 4.78 is 25.7. The van der Waals surface area contributed by atoms with Gasteiger partial charge in [-0.05, 0) is 24.2 Å². The van der Waals surface area contributed by atoms with Crippen molar-refractivity contribution in [3.05, 3.63) is 0 Å². The first-order chi connectivity index (χ1) is 8.27. The summed E-state index contributed by atoms with van der Waals surface area (Å²) in [6.07, 6.45) is -0.495. The second-order valence-corrected chi connectivity index (χ2v) is 5.97. The van der Waals surface area contributed by atoms with Crippen molar-refractivity contribution in [1.82, 2.24) is 5.32 Å². The summed E-state index contributed by atoms with van der Waals surface area (Å²) in [6, 6.07) is -0.776. The van der Waals surface area contributed by atoms with Gasteiger partial charge in [-0.3, -0.25) is 4.79 Å². The average molecular weight is 326 g/mol. The van der Waals surface area contributed by atoms with Crippen LogP contribution in [0, 0.1) is 11.3 Å². The van der Waals surface area contributed by atoms with Crippen molar-refractivity contribution in [3.63, 3.8) is 0 Å². The Morgan fingerprint density at radius 2 is 1.94 bits per heavy atom. The fourth-order valence-corrected chi connectivity index (χ4v) is 3.65. The molecule has 0 radical (unpaired) electrons. The van der Waals surface area contributed by atoms with Gasteiger partial charge in [0.05, 0.1) is 11.4 Å². The predicted octanol–water partition coefficient (Wildman–Crippen LogP) is 2.41. The van der Waals surface area contributed by atoms with E-state index in [9.17, 15) is 18.4 Å². The van der Waals surface area contributed by atoms with Crippen LogP contribution in [0.5, 0.6) is 0 Å². The van der Waals surface area contributed by atoms with Gasteiger partial charge >= 0.3 is 6.09 Å². The molecule has 2 rings (SSSR count). The molecule has 0 aromatic rings. The Bertz CT molecular complexity index is 372. The molecule has 0 aromatic carbocycles. The van der Waals surface area contributed by atoms with Crippen molar-refractivity contribution < 1.29 is 23.5 Å². The minimum absolute atomic E-state index is 0.0671. The molecular formula is C11H14BrF2NO3. The Balaban J connectivity index is 1.91. The lowest BCUT2D eigenvalue weighted by atomic mass is 9.49. The Labute approximate surface area is 111 Å². The number of amides is 1. The van der Waals surface area contributed by atoms with E-state index in [-0.39, 0.29) is 35.3 Å². The van der Waals surface area contributed by atoms with E-state index in [1.807, 2.05) is 0 Å². The molecule has 2 aliphatic rings. The molecule has 2 aliphatic carbocycles. The number of nitrogens with one attached hydrogen (secondary N) is 1. The van der Waals surface area contributed by atoms with Crippen LogP contribution in [0.4, 0.5) is 13.6 Å². The van der Waals surface area contributed by atoms with Crippen LogP contribution < -0.4 is 5.32 Å². The highest BCUT2D eigenvalue weighted by Gasteiger charge is 2.63. The number of Topliss-reactive ketones (excluding diaryl/α,β-unsaturated/α-hetero) is 1. The smallest absolute Gasteiger partial charge is 0.405 e. The molecule has 7 heteroatoms. The van der Waals surface area contributed by atoms with Crippen LogP contribution in [0.2, 0.25) is 0 Å². The van der Waals surface area contributed by atoms with Crippen molar-refractivity contribution in [2.75, 3.05) is 5.33 Å². The second kappa shape index (κ2) is 4.43. The summed E-state index contributed by atoms with van der Waals surface area (Å²) in [5, 5.41) is 10.9. The van der Waals surface area contributed by atoms with Gasteiger partial charge < -0.3 is 10.4 Å². The maximum absolute atomic E-state index is 12.8. The first-order valence-corrected chi connectivity index (χ1v) is 6.85. The summed E-state index contributed by atoms with van der Waals surface area (Å²) >= 11 is 3.00. The van der Waals surface area contributed by atoms with E-state index in [0.29, 0.717) is 12.8 Å². The number of ketones is 1. The number of carbonyl (C=O) groups excluding carboxylic acids is 1. The quantitative estimate of drug-likeness (QED) is 0.780. The molecule has 0 bridgehead atoms. The van der Waals surface area contributed by atoms with Crippen molar-refractivity contribution in [3.8, 4) is 0 Å². The first kappa shape index (κ1) is 13.7. The number of carbonyl (C=O) groups is 2. The van der Waals surface area contributed by atoms with Gasteiger partial charge in [-0.1, -0.05) is 15.9 Å². The lowest BCUT2D eigenvalue weighted by Crippen LogP contribution is -2.59. The standard InChI is InChI=1S/C11H14BrF2NO3/c12-3-7(16)8(15-9(17)18)6-1-10(2-6)4-11(13,14)5-10/h6,8,15H,1-5H2,(H,17,18). The van der Waals surface area contributed by atoms with Gasteiger partial charge in [-0.25, -0.2) is 13.6 Å². The molecule has 18 heavy (non-hydrogen) atoms. The summed E-state index contributed by atoms with van der Waals surface area (Å²) in [5.74, 6) is -2.97. The normalized spacial score (nSPS) is 25.9. The van der Waals surface area contributed by atoms with Gasteiger partial charge in [0, 0.05) is 12.8 Å². The zero-order valence-corrected chi connectivity index (χ0v) is 11.2. The van der Waals surface area contributed by atoms with E-state index in [1.165, 1.54) is 0 Å². The van der Waals surface area contributed by atoms with Gasteiger partial charge in [0.1, 0.15) is 0 Å². The van der Waals surface area contributed by atoms with E-state index >= 15 is 0 Å². The number of alkyl halides is 3. The molecule has 102 valence electrons. The van der Waals surface area contributed by atoms with E-state index in [0.717, 1.165) is 0 Å². The van der Waals surface area contributed by atoms with Gasteiger partial charge in [0.2, 0.25) is 5.92 Å². The predicted molar refractivity (Wildman–Crippen MR) is 63.1 cm³/mol. The molecule has 1 spiro atoms. The van der Waals surface area contributed by atoms with Gasteiger partial charge in [0.15, 0.2) is 5.78 Å². The van der Waals surface area contributed by atoms with Crippen molar-refractivity contribution in [2.24, 2.45) is 11.3 Å². The Morgan fingerprint density at radius 3 is 2.33 bits per heavy atom. The molecule has 0 saturated heterocycles. The minimum atomic E-state index is -2.57. The zero-order valence-electron chi connectivity index (χ0n) is 9.59. The minimum Gasteiger partial charge on any atom is -0.465 e. The molecule has 2 saturated carbocycles. The number of hydrogen-bond donors (Lipinski definition) is 2. The number of rotatable bonds is 4. The summed E-state index contributed by atoms with van der Waals surface area (Å²) in [6.45, 7) is 0. The maximum atomic E-state index is 12.8. The van der Waals surface area contributed by atoms with Gasteiger partial charge in [-0.2, -0.15) is 0 Å². The fraction of sp³-hybridized carbons (Fsp3) is 0.818. The van der Waals surface area contributed by atoms with E-state index in [1.54, 1.807) is 0 Å². The number of halogens is 3. The highest BCUT2D eigenvalue weighted by molar-refractivity contribution is 9.09. The molecule has 0 aromatic heterocycles. The highest BCUT2D eigenvalue weighted by atomic mass is 79.9. The molecule has 1 amide bonds. The topological polar surface area (TPSA) is 66.4 Å². The third-order valence-corrected chi connectivity index (χ3v) is 4.44. The SMILES string of the molecule is O=C(O)NC(C(=O)CBr)C1CC2(C1)CC(F)(F)C2. The molecule has 1 atom stereocenters. The van der Waals surface area contributed by atoms with Gasteiger partial charge in [0.25, 0.3) is 0 Å². The second-order valence-electron chi connectivity index (χ2n) is 5.40. The lowest BCUT2D eigenvalue weighted by molar-refractivity contribution is -0.209. The van der Waals surface area contributed by atoms with Crippen molar-refractivity contribution >= 4 is 27.8 Å². The summed E-state index contributed by atoms with van der Waals surface area (Å²) in [7, 11) is 0. The Hall–Kier alpha value is -0.720. The van der Waals surface area contributed by atoms with Crippen LogP contribution in [0.3, 0.4) is 0 Å². The largest absolute Gasteiger partial charge is 0.465 e. The molecule has 0 aliphatic heterocycles. The van der Waals surface area contributed by atoms with Crippen LogP contribution in [0.25, 0.3) is 0 Å². The molecule has 1 unspecified atom stereocenters. The monoisotopic (exact) mass is 325 g/mol. The zero-order chi connectivity index (χ0) is 13.6. The number of hydrogen-bond acceptors (Lipinski definition) is 2. The summed E-state index contributed by atoms with van der Waals surface area (Å²) in [4.78, 5) is 22.2. The van der Waals surface area contributed by atoms with Crippen molar-refractivity contribution in [1.29, 1.82) is 0 Å². The summed E-state index contributed by atoms with van der Waals surface area (Å²) in [5.41, 5.74) is -0.348. The van der Waals surface area contributed by atoms with Crippen LogP contribution >= 0.6 is 15.9 Å². The highest BCUT2D eigenvalue weighted by Crippen LogP contribution is 2.65. The third kappa shape index (κ3) is 2.50. The van der Waals surface area contributed by atoms with E-state index in [2.05, 4.69) is 21.2 Å². The fourth-order valence-electron chi connectivity index (χ4n) is 3.30. The van der Waals surface area contributed by atoms with Crippen molar-refractivity contribution in [2.45, 2.75) is 37.6 Å². The molecule has 4 nitrogen and oxygen atoms in total. The number of carboxylic acid groups (broad SMARTS) is 1. The van der Waals surface area contributed by atoms with Crippen LogP contribution in [-0.4, -0.2) is 34.3 Å². The van der Waals surface area contributed by atoms with Crippen LogP contribution in [-0.2, 0) is 4.79 Å².